The Morgan fingerprint density at radius 1 is 1.50 bits per heavy atom. The molecule has 0 aromatic heterocycles. The molecular weight excluding hydrogens is 152 g/mol. The fourth-order valence-electron chi connectivity index (χ4n) is 1.18. The largest absolute Gasteiger partial charge is 0.465 e. The highest BCUT2D eigenvalue weighted by atomic mass is 16.5. The van der Waals surface area contributed by atoms with Crippen molar-refractivity contribution in [3.8, 4) is 0 Å². The van der Waals surface area contributed by atoms with Crippen LogP contribution in [0.5, 0.6) is 0 Å². The molecule has 1 aliphatic rings. The second-order valence-corrected chi connectivity index (χ2v) is 3.66. The van der Waals surface area contributed by atoms with Crippen LogP contribution in [0.25, 0.3) is 0 Å². The van der Waals surface area contributed by atoms with E-state index in [1.807, 2.05) is 26.0 Å². The van der Waals surface area contributed by atoms with Gasteiger partial charge in [-0.25, -0.2) is 0 Å². The lowest BCUT2D eigenvalue weighted by Crippen LogP contribution is -2.17. The van der Waals surface area contributed by atoms with Crippen LogP contribution in [-0.2, 0) is 9.53 Å². The number of ether oxygens (including phenoxy) is 1. The van der Waals surface area contributed by atoms with Crippen LogP contribution in [0.4, 0.5) is 0 Å². The topological polar surface area (TPSA) is 26.3 Å². The van der Waals surface area contributed by atoms with E-state index in [-0.39, 0.29) is 11.9 Å². The predicted octanol–water partition coefficient (Wildman–Crippen LogP) is 2.15. The summed E-state index contributed by atoms with van der Waals surface area (Å²) in [4.78, 5) is 11.3. The molecule has 1 aliphatic carbocycles. The maximum atomic E-state index is 11.3. The van der Waals surface area contributed by atoms with Gasteiger partial charge < -0.3 is 4.74 Å². The van der Waals surface area contributed by atoms with Gasteiger partial charge >= 0.3 is 5.97 Å². The Morgan fingerprint density at radius 2 is 2.08 bits per heavy atom. The van der Waals surface area contributed by atoms with Gasteiger partial charge in [0.1, 0.15) is 0 Å². The monoisotopic (exact) mass is 168 g/mol. The van der Waals surface area contributed by atoms with E-state index >= 15 is 0 Å². The predicted molar refractivity (Wildman–Crippen MR) is 47.7 cm³/mol. The number of rotatable bonds is 3. The van der Waals surface area contributed by atoms with Crippen molar-refractivity contribution >= 4 is 5.97 Å². The molecule has 0 bridgehead atoms. The van der Waals surface area contributed by atoms with Crippen molar-refractivity contribution in [1.82, 2.24) is 0 Å². The van der Waals surface area contributed by atoms with Crippen molar-refractivity contribution in [3.63, 3.8) is 0 Å². The molecule has 68 valence electrons. The highest BCUT2D eigenvalue weighted by molar-refractivity contribution is 5.73. The van der Waals surface area contributed by atoms with Crippen LogP contribution in [0.15, 0.2) is 12.2 Å². The van der Waals surface area contributed by atoms with Gasteiger partial charge in [0.2, 0.25) is 0 Å². The molecule has 0 unspecified atom stereocenters. The average Bonchev–Trinajstić information content (AvgIpc) is 2.51. The lowest BCUT2D eigenvalue weighted by Gasteiger charge is -2.10. The van der Waals surface area contributed by atoms with Gasteiger partial charge in [-0.15, -0.1) is 0 Å². The molecule has 2 nitrogen and oxygen atoms in total. The molecule has 0 atom stereocenters. The molecule has 2 heteroatoms. The van der Waals surface area contributed by atoms with Crippen molar-refractivity contribution in [2.45, 2.75) is 26.7 Å². The highest BCUT2D eigenvalue weighted by Crippen LogP contribution is 2.19. The molecule has 1 rings (SSSR count). The van der Waals surface area contributed by atoms with E-state index in [2.05, 4.69) is 0 Å². The summed E-state index contributed by atoms with van der Waals surface area (Å²) in [7, 11) is 0. The van der Waals surface area contributed by atoms with Crippen LogP contribution in [0.2, 0.25) is 0 Å². The van der Waals surface area contributed by atoms with Crippen LogP contribution >= 0.6 is 0 Å². The molecule has 0 heterocycles. The Labute approximate surface area is 73.6 Å². The van der Waals surface area contributed by atoms with Crippen LogP contribution in [0.1, 0.15) is 26.7 Å². The highest BCUT2D eigenvalue weighted by Gasteiger charge is 2.20. The number of carbonyl (C=O) groups is 1. The maximum Gasteiger partial charge on any atom is 0.309 e. The molecule has 0 N–H and O–H groups in total. The summed E-state index contributed by atoms with van der Waals surface area (Å²) in [5.41, 5.74) is 0. The third-order valence-electron chi connectivity index (χ3n) is 1.90. The number of allylic oxidation sites excluding steroid dienone is 2. The van der Waals surface area contributed by atoms with E-state index in [9.17, 15) is 4.79 Å². The molecule has 0 spiro atoms. The quantitative estimate of drug-likeness (QED) is 0.477. The molecule has 0 saturated heterocycles. The zero-order valence-corrected chi connectivity index (χ0v) is 7.75. The van der Waals surface area contributed by atoms with Gasteiger partial charge in [-0.2, -0.15) is 0 Å². The molecular formula is C10H16O2. The van der Waals surface area contributed by atoms with Gasteiger partial charge in [0.25, 0.3) is 0 Å². The lowest BCUT2D eigenvalue weighted by atomic mass is 10.1. The zero-order valence-electron chi connectivity index (χ0n) is 7.75. The summed E-state index contributed by atoms with van der Waals surface area (Å²) in [5.74, 6) is 0.501. The van der Waals surface area contributed by atoms with Crippen LogP contribution < -0.4 is 0 Å². The summed E-state index contributed by atoms with van der Waals surface area (Å²) in [6.07, 6.45) is 5.80. The van der Waals surface area contributed by atoms with Gasteiger partial charge in [-0.3, -0.25) is 4.79 Å². The number of hydrogen-bond donors (Lipinski definition) is 0. The summed E-state index contributed by atoms with van der Waals surface area (Å²) in [6, 6.07) is 0. The van der Waals surface area contributed by atoms with E-state index < -0.39 is 0 Å². The fourth-order valence-corrected chi connectivity index (χ4v) is 1.18. The van der Waals surface area contributed by atoms with Crippen LogP contribution in [0.3, 0.4) is 0 Å². The minimum atomic E-state index is -0.0336. The van der Waals surface area contributed by atoms with Crippen LogP contribution in [-0.4, -0.2) is 12.6 Å². The van der Waals surface area contributed by atoms with E-state index in [4.69, 9.17) is 4.74 Å². The standard InChI is InChI=1S/C10H16O2/c1-8(2)7-12-10(11)9-5-3-4-6-9/h3-4,8-9H,5-7H2,1-2H3. The number of esters is 1. The summed E-state index contributed by atoms with van der Waals surface area (Å²) >= 11 is 0. The minimum Gasteiger partial charge on any atom is -0.465 e. The van der Waals surface area contributed by atoms with E-state index in [0.29, 0.717) is 12.5 Å². The lowest BCUT2D eigenvalue weighted by molar-refractivity contribution is -0.149. The third-order valence-corrected chi connectivity index (χ3v) is 1.90. The van der Waals surface area contributed by atoms with Gasteiger partial charge in [0.15, 0.2) is 0 Å². The Hall–Kier alpha value is -0.790. The second kappa shape index (κ2) is 4.29. The third kappa shape index (κ3) is 2.68. The average molecular weight is 168 g/mol. The molecule has 0 aromatic rings. The molecule has 0 aliphatic heterocycles. The summed E-state index contributed by atoms with van der Waals surface area (Å²) < 4.78 is 5.11. The first-order valence-electron chi connectivity index (χ1n) is 4.51. The normalized spacial score (nSPS) is 17.2. The Morgan fingerprint density at radius 3 is 2.58 bits per heavy atom. The van der Waals surface area contributed by atoms with Crippen molar-refractivity contribution in [2.75, 3.05) is 6.61 Å². The van der Waals surface area contributed by atoms with Gasteiger partial charge in [0.05, 0.1) is 12.5 Å². The molecule has 0 aromatic carbocycles. The van der Waals surface area contributed by atoms with Crippen molar-refractivity contribution in [1.29, 1.82) is 0 Å². The van der Waals surface area contributed by atoms with Crippen molar-refractivity contribution in [3.05, 3.63) is 12.2 Å². The van der Waals surface area contributed by atoms with E-state index in [0.717, 1.165) is 12.8 Å². The number of carbonyl (C=O) groups excluding carboxylic acids is 1. The molecule has 0 fully saturated rings. The van der Waals surface area contributed by atoms with Crippen molar-refractivity contribution < 1.29 is 9.53 Å². The zero-order chi connectivity index (χ0) is 8.97. The van der Waals surface area contributed by atoms with E-state index in [1.165, 1.54) is 0 Å². The smallest absolute Gasteiger partial charge is 0.309 e. The fraction of sp³-hybridized carbons (Fsp3) is 0.700. The van der Waals surface area contributed by atoms with Gasteiger partial charge in [0, 0.05) is 0 Å². The Bertz CT molecular complexity index is 174. The first-order chi connectivity index (χ1) is 5.70. The Kier molecular flexibility index (Phi) is 3.32. The first kappa shape index (κ1) is 9.30. The molecule has 0 saturated carbocycles. The minimum absolute atomic E-state index is 0.0336. The summed E-state index contributed by atoms with van der Waals surface area (Å²) in [6.45, 7) is 4.63. The van der Waals surface area contributed by atoms with E-state index in [1.54, 1.807) is 0 Å². The molecule has 12 heavy (non-hydrogen) atoms. The first-order valence-corrected chi connectivity index (χ1v) is 4.51. The second-order valence-electron chi connectivity index (χ2n) is 3.66. The summed E-state index contributed by atoms with van der Waals surface area (Å²) in [5, 5.41) is 0. The molecule has 0 radical (unpaired) electrons. The van der Waals surface area contributed by atoms with Gasteiger partial charge in [-0.05, 0) is 18.8 Å². The Balaban J connectivity index is 2.20. The van der Waals surface area contributed by atoms with Crippen LogP contribution in [0, 0.1) is 11.8 Å². The maximum absolute atomic E-state index is 11.3. The number of hydrogen-bond acceptors (Lipinski definition) is 2. The molecule has 0 amide bonds. The van der Waals surface area contributed by atoms with Crippen molar-refractivity contribution in [2.24, 2.45) is 11.8 Å². The SMILES string of the molecule is CC(C)COC(=O)C1CC=CC1. The van der Waals surface area contributed by atoms with Gasteiger partial charge in [-0.1, -0.05) is 26.0 Å².